The summed E-state index contributed by atoms with van der Waals surface area (Å²) in [5.74, 6) is -2.12. The first-order chi connectivity index (χ1) is 13.8. The van der Waals surface area contributed by atoms with Crippen LogP contribution in [0, 0.1) is 6.92 Å². The minimum Gasteiger partial charge on any atom is -0.546 e. The quantitative estimate of drug-likeness (QED) is 0.455. The Morgan fingerprint density at radius 3 is 2.34 bits per heavy atom. The van der Waals surface area contributed by atoms with E-state index in [1.807, 2.05) is 19.1 Å². The summed E-state index contributed by atoms with van der Waals surface area (Å²) in [5, 5.41) is 13.3. The van der Waals surface area contributed by atoms with E-state index in [1.165, 1.54) is 17.9 Å². The molecule has 148 valence electrons. The van der Waals surface area contributed by atoms with Gasteiger partial charge in [0, 0.05) is 0 Å². The van der Waals surface area contributed by atoms with Crippen molar-refractivity contribution in [2.75, 3.05) is 4.90 Å². The second-order valence-corrected chi connectivity index (χ2v) is 6.83. The molecule has 0 spiro atoms. The Kier molecular flexibility index (Phi) is 5.74. The molecule has 2 aromatic carbocycles. The highest BCUT2D eigenvalue weighted by Crippen LogP contribution is 2.23. The Morgan fingerprint density at radius 1 is 1.14 bits per heavy atom. The summed E-state index contributed by atoms with van der Waals surface area (Å²) in [6, 6.07) is 13.5. The molecule has 1 aliphatic rings. The molecular formula is C21H17N2O5S-. The van der Waals surface area contributed by atoms with Crippen LogP contribution in [-0.4, -0.2) is 29.0 Å². The van der Waals surface area contributed by atoms with Crippen LogP contribution in [0.5, 0.6) is 5.75 Å². The van der Waals surface area contributed by atoms with Crippen molar-refractivity contribution >= 4 is 46.9 Å². The zero-order chi connectivity index (χ0) is 21.1. The van der Waals surface area contributed by atoms with E-state index in [0.29, 0.717) is 17.0 Å². The van der Waals surface area contributed by atoms with Gasteiger partial charge in [0.05, 0.1) is 11.7 Å². The van der Waals surface area contributed by atoms with E-state index < -0.39 is 23.9 Å². The summed E-state index contributed by atoms with van der Waals surface area (Å²) in [6.07, 6.45) is 0.334. The van der Waals surface area contributed by atoms with Gasteiger partial charge in [0.25, 0.3) is 11.8 Å². The molecule has 1 fully saturated rings. The number of rotatable bonds is 5. The van der Waals surface area contributed by atoms with E-state index in [2.05, 4.69) is 5.32 Å². The molecule has 1 heterocycles. The number of nitrogens with zero attached hydrogens (tertiary/aromatic N) is 1. The van der Waals surface area contributed by atoms with Crippen molar-refractivity contribution in [3.8, 4) is 5.75 Å². The smallest absolute Gasteiger partial charge is 0.270 e. The van der Waals surface area contributed by atoms with Gasteiger partial charge in [-0.15, -0.1) is 0 Å². The first kappa shape index (κ1) is 20.2. The van der Waals surface area contributed by atoms with Crippen molar-refractivity contribution < 1.29 is 24.2 Å². The molecule has 7 nitrogen and oxygen atoms in total. The number of aryl methyl sites for hydroxylation is 1. The Morgan fingerprint density at radius 2 is 1.76 bits per heavy atom. The van der Waals surface area contributed by atoms with Crippen LogP contribution in [0.1, 0.15) is 18.1 Å². The lowest BCUT2D eigenvalue weighted by Gasteiger charge is -2.29. The highest BCUT2D eigenvalue weighted by atomic mass is 32.1. The van der Waals surface area contributed by atoms with Crippen molar-refractivity contribution in [1.29, 1.82) is 0 Å². The van der Waals surface area contributed by atoms with E-state index in [1.54, 1.807) is 36.4 Å². The number of carbonyl (C=O) groups excluding carboxylic acids is 3. The highest BCUT2D eigenvalue weighted by Gasteiger charge is 2.34. The molecule has 0 aromatic heterocycles. The Bertz CT molecular complexity index is 1010. The molecule has 2 amide bonds. The van der Waals surface area contributed by atoms with Crippen LogP contribution in [0.2, 0.25) is 0 Å². The van der Waals surface area contributed by atoms with Gasteiger partial charge in [-0.05, 0) is 62.0 Å². The first-order valence-corrected chi connectivity index (χ1v) is 9.13. The fourth-order valence-electron chi connectivity index (χ4n) is 2.65. The molecule has 1 atom stereocenters. The van der Waals surface area contributed by atoms with Gasteiger partial charge in [0.1, 0.15) is 17.4 Å². The number of aliphatic carboxylic acids is 1. The first-order valence-electron chi connectivity index (χ1n) is 8.72. The van der Waals surface area contributed by atoms with Gasteiger partial charge >= 0.3 is 0 Å². The molecule has 0 aliphatic carbocycles. The second-order valence-electron chi connectivity index (χ2n) is 6.44. The number of carboxylic acids is 1. The van der Waals surface area contributed by atoms with Gasteiger partial charge in [-0.1, -0.05) is 29.8 Å². The fourth-order valence-corrected chi connectivity index (χ4v) is 2.93. The maximum absolute atomic E-state index is 12.9. The molecule has 29 heavy (non-hydrogen) atoms. The van der Waals surface area contributed by atoms with Gasteiger partial charge < -0.3 is 14.6 Å². The van der Waals surface area contributed by atoms with Gasteiger partial charge in [-0.2, -0.15) is 0 Å². The molecule has 1 aliphatic heterocycles. The molecule has 8 heteroatoms. The predicted octanol–water partition coefficient (Wildman–Crippen LogP) is 1.34. The Hall–Kier alpha value is -3.52. The van der Waals surface area contributed by atoms with Gasteiger partial charge in [-0.3, -0.25) is 19.8 Å². The zero-order valence-electron chi connectivity index (χ0n) is 15.7. The number of benzene rings is 2. The SMILES string of the molecule is Cc1ccc(N2C(=O)/C(=C/c3ccc(O[C@@H](C)C(=O)[O-])cc3)C(=O)NC2=S)cc1. The molecule has 1 N–H and O–H groups in total. The van der Waals surface area contributed by atoms with Crippen LogP contribution in [0.4, 0.5) is 5.69 Å². The van der Waals surface area contributed by atoms with E-state index in [0.717, 1.165) is 5.56 Å². The van der Waals surface area contributed by atoms with Crippen LogP contribution in [0.25, 0.3) is 6.08 Å². The lowest BCUT2D eigenvalue weighted by Crippen LogP contribution is -2.54. The molecule has 2 aromatic rings. The molecule has 0 radical (unpaired) electrons. The third kappa shape index (κ3) is 4.49. The number of carboxylic acid groups (broad SMARTS) is 1. The number of amides is 2. The number of hydrogen-bond donors (Lipinski definition) is 1. The van der Waals surface area contributed by atoms with Crippen molar-refractivity contribution in [1.82, 2.24) is 5.32 Å². The highest BCUT2D eigenvalue weighted by molar-refractivity contribution is 7.80. The normalized spacial score (nSPS) is 16.6. The number of carbonyl (C=O) groups is 3. The van der Waals surface area contributed by atoms with Crippen molar-refractivity contribution in [2.45, 2.75) is 20.0 Å². The third-order valence-corrected chi connectivity index (χ3v) is 4.51. The third-order valence-electron chi connectivity index (χ3n) is 4.23. The van der Waals surface area contributed by atoms with E-state index in [4.69, 9.17) is 17.0 Å². The topological polar surface area (TPSA) is 98.8 Å². The molecular weight excluding hydrogens is 392 g/mol. The van der Waals surface area contributed by atoms with Crippen LogP contribution < -0.4 is 20.1 Å². The van der Waals surface area contributed by atoms with Crippen LogP contribution in [-0.2, 0) is 14.4 Å². The molecule has 3 rings (SSSR count). The van der Waals surface area contributed by atoms with Crippen LogP contribution >= 0.6 is 12.2 Å². The lowest BCUT2D eigenvalue weighted by atomic mass is 10.1. The second kappa shape index (κ2) is 8.24. The van der Waals surface area contributed by atoms with Gasteiger partial charge in [0.2, 0.25) is 0 Å². The predicted molar refractivity (Wildman–Crippen MR) is 109 cm³/mol. The maximum Gasteiger partial charge on any atom is 0.270 e. The standard InChI is InChI=1S/C21H18N2O5S/c1-12-3-7-15(8-4-12)23-19(25)17(18(24)22-21(23)29)11-14-5-9-16(10-6-14)28-13(2)20(26)27/h3-11,13H,1-2H3,(H,26,27)(H,22,24,29)/p-1/b17-11+/t13-/m0/s1. The Labute approximate surface area is 172 Å². The number of hydrogen-bond acceptors (Lipinski definition) is 6. The number of ether oxygens (including phenoxy) is 1. The Balaban J connectivity index is 1.86. The molecule has 0 bridgehead atoms. The average Bonchev–Trinajstić information content (AvgIpc) is 2.67. The van der Waals surface area contributed by atoms with Crippen LogP contribution in [0.15, 0.2) is 54.1 Å². The summed E-state index contributed by atoms with van der Waals surface area (Å²) in [6.45, 7) is 3.28. The number of thiocarbonyl (C=S) groups is 1. The minimum atomic E-state index is -1.33. The van der Waals surface area contributed by atoms with Crippen molar-refractivity contribution in [3.05, 3.63) is 65.2 Å². The van der Waals surface area contributed by atoms with Crippen molar-refractivity contribution in [3.63, 3.8) is 0 Å². The average molecular weight is 409 g/mol. The molecule has 0 saturated carbocycles. The summed E-state index contributed by atoms with van der Waals surface area (Å²) < 4.78 is 5.21. The summed E-state index contributed by atoms with van der Waals surface area (Å²) in [5.41, 5.74) is 2.07. The maximum atomic E-state index is 12.9. The number of anilines is 1. The van der Waals surface area contributed by atoms with E-state index >= 15 is 0 Å². The summed E-state index contributed by atoms with van der Waals surface area (Å²) >= 11 is 5.17. The zero-order valence-corrected chi connectivity index (χ0v) is 16.5. The summed E-state index contributed by atoms with van der Waals surface area (Å²) in [7, 11) is 0. The van der Waals surface area contributed by atoms with Gasteiger partial charge in [-0.25, -0.2) is 0 Å². The minimum absolute atomic E-state index is 0.0148. The largest absolute Gasteiger partial charge is 0.546 e. The lowest BCUT2D eigenvalue weighted by molar-refractivity contribution is -0.312. The fraction of sp³-hybridized carbons (Fsp3) is 0.143. The van der Waals surface area contributed by atoms with Crippen LogP contribution in [0.3, 0.4) is 0 Å². The monoisotopic (exact) mass is 409 g/mol. The van der Waals surface area contributed by atoms with E-state index in [9.17, 15) is 19.5 Å². The van der Waals surface area contributed by atoms with E-state index in [-0.39, 0.29) is 10.7 Å². The van der Waals surface area contributed by atoms with Crippen molar-refractivity contribution in [2.24, 2.45) is 0 Å². The van der Waals surface area contributed by atoms with Gasteiger partial charge in [0.15, 0.2) is 5.11 Å². The molecule has 1 saturated heterocycles. The molecule has 0 unspecified atom stereocenters. The summed E-state index contributed by atoms with van der Waals surface area (Å²) in [4.78, 5) is 37.3. The number of nitrogens with one attached hydrogen (secondary N) is 1.